The third-order valence-electron chi connectivity index (χ3n) is 4.94. The smallest absolute Gasteiger partial charge is 0.243 e. The molecule has 0 bridgehead atoms. The zero-order chi connectivity index (χ0) is 23.9. The second-order valence-corrected chi connectivity index (χ2v) is 11.3. The lowest BCUT2D eigenvalue weighted by Gasteiger charge is -2.22. The Morgan fingerprint density at radius 3 is 2.12 bits per heavy atom. The second kappa shape index (κ2) is 10.9. The predicted octanol–water partition coefficient (Wildman–Crippen LogP) is 3.21. The van der Waals surface area contributed by atoms with Crippen LogP contribution in [0.25, 0.3) is 0 Å². The fraction of sp³-hybridized carbons (Fsp3) is 0.409. The lowest BCUT2D eigenvalue weighted by atomic mass is 10.2. The van der Waals surface area contributed by atoms with E-state index in [1.165, 1.54) is 20.7 Å². The molecule has 0 spiro atoms. The van der Waals surface area contributed by atoms with Crippen LogP contribution in [0.2, 0.25) is 0 Å². The highest BCUT2D eigenvalue weighted by molar-refractivity contribution is 7.92. The Morgan fingerprint density at radius 2 is 1.59 bits per heavy atom. The second-order valence-electron chi connectivity index (χ2n) is 7.44. The molecule has 0 aliphatic heterocycles. The largest absolute Gasteiger partial charge is 0.326 e. The Hall–Kier alpha value is -2.43. The van der Waals surface area contributed by atoms with Gasteiger partial charge < -0.3 is 5.32 Å². The van der Waals surface area contributed by atoms with Gasteiger partial charge in [0.15, 0.2) is 0 Å². The van der Waals surface area contributed by atoms with Gasteiger partial charge in [-0.3, -0.25) is 9.10 Å². The van der Waals surface area contributed by atoms with Crippen LogP contribution in [-0.4, -0.2) is 52.9 Å². The summed E-state index contributed by atoms with van der Waals surface area (Å²) >= 11 is 0. The molecular weight excluding hydrogens is 450 g/mol. The van der Waals surface area contributed by atoms with E-state index in [0.29, 0.717) is 30.9 Å². The van der Waals surface area contributed by atoms with E-state index in [1.54, 1.807) is 44.2 Å². The van der Waals surface area contributed by atoms with Crippen molar-refractivity contribution in [3.8, 4) is 0 Å². The molecule has 0 radical (unpaired) electrons. The Labute approximate surface area is 191 Å². The molecule has 2 aromatic rings. The van der Waals surface area contributed by atoms with Gasteiger partial charge in [0.25, 0.3) is 0 Å². The van der Waals surface area contributed by atoms with Crippen molar-refractivity contribution in [2.75, 3.05) is 35.5 Å². The standard InChI is InChI=1S/C22H31N3O5S2/c1-5-24(6-2)32(29,30)21-14-12-19(13-15-21)23-22(26)11-8-16-25(31(4,27)28)20-10-7-9-18(3)17-20/h7,9-10,12-15,17H,5-6,8,11,16H2,1-4H3,(H,23,26). The Kier molecular flexibility index (Phi) is 8.82. The van der Waals surface area contributed by atoms with Gasteiger partial charge in [-0.15, -0.1) is 0 Å². The lowest BCUT2D eigenvalue weighted by molar-refractivity contribution is -0.116. The first-order valence-electron chi connectivity index (χ1n) is 10.4. The average molecular weight is 482 g/mol. The minimum atomic E-state index is -3.56. The molecule has 32 heavy (non-hydrogen) atoms. The van der Waals surface area contributed by atoms with Crippen LogP contribution in [0.15, 0.2) is 53.4 Å². The molecule has 0 heterocycles. The topological polar surface area (TPSA) is 104 Å². The number of rotatable bonds is 11. The molecule has 0 aliphatic rings. The number of sulfonamides is 2. The molecule has 0 atom stereocenters. The Morgan fingerprint density at radius 1 is 0.969 bits per heavy atom. The van der Waals surface area contributed by atoms with Crippen molar-refractivity contribution in [2.24, 2.45) is 0 Å². The molecule has 2 aromatic carbocycles. The molecule has 8 nitrogen and oxygen atoms in total. The van der Waals surface area contributed by atoms with Gasteiger partial charge in [0.2, 0.25) is 26.0 Å². The summed E-state index contributed by atoms with van der Waals surface area (Å²) in [7, 11) is -7.04. The van der Waals surface area contributed by atoms with Gasteiger partial charge in [-0.2, -0.15) is 4.31 Å². The third-order valence-corrected chi connectivity index (χ3v) is 8.19. The number of anilines is 2. The van der Waals surface area contributed by atoms with E-state index in [4.69, 9.17) is 0 Å². The molecule has 176 valence electrons. The van der Waals surface area contributed by atoms with Gasteiger partial charge in [0, 0.05) is 31.7 Å². The number of carbonyl (C=O) groups is 1. The van der Waals surface area contributed by atoms with Crippen molar-refractivity contribution in [3.63, 3.8) is 0 Å². The molecule has 10 heteroatoms. The van der Waals surface area contributed by atoms with E-state index >= 15 is 0 Å². The highest BCUT2D eigenvalue weighted by Gasteiger charge is 2.21. The van der Waals surface area contributed by atoms with Crippen molar-refractivity contribution in [2.45, 2.75) is 38.5 Å². The first-order valence-corrected chi connectivity index (χ1v) is 13.7. The van der Waals surface area contributed by atoms with Crippen LogP contribution in [0.4, 0.5) is 11.4 Å². The van der Waals surface area contributed by atoms with Gasteiger partial charge in [-0.05, 0) is 55.3 Å². The number of amides is 1. The van der Waals surface area contributed by atoms with E-state index in [9.17, 15) is 21.6 Å². The molecule has 0 unspecified atom stereocenters. The quantitative estimate of drug-likeness (QED) is 0.531. The van der Waals surface area contributed by atoms with Gasteiger partial charge in [-0.1, -0.05) is 26.0 Å². The first-order chi connectivity index (χ1) is 15.0. The van der Waals surface area contributed by atoms with E-state index in [0.717, 1.165) is 11.8 Å². The van der Waals surface area contributed by atoms with Crippen molar-refractivity contribution < 1.29 is 21.6 Å². The number of nitrogens with zero attached hydrogens (tertiary/aromatic N) is 2. The van der Waals surface area contributed by atoms with Gasteiger partial charge in [0.1, 0.15) is 0 Å². The minimum absolute atomic E-state index is 0.122. The highest BCUT2D eigenvalue weighted by atomic mass is 32.2. The van der Waals surface area contributed by atoms with E-state index in [2.05, 4.69) is 5.32 Å². The molecule has 0 aromatic heterocycles. The van der Waals surface area contributed by atoms with Crippen molar-refractivity contribution in [1.29, 1.82) is 0 Å². The van der Waals surface area contributed by atoms with Crippen LogP contribution >= 0.6 is 0 Å². The summed E-state index contributed by atoms with van der Waals surface area (Å²) in [6.07, 6.45) is 1.60. The van der Waals surface area contributed by atoms with Crippen LogP contribution in [-0.2, 0) is 24.8 Å². The first kappa shape index (κ1) is 25.8. The summed E-state index contributed by atoms with van der Waals surface area (Å²) in [5.74, 6) is -0.276. The predicted molar refractivity (Wildman–Crippen MR) is 128 cm³/mol. The highest BCUT2D eigenvalue weighted by Crippen LogP contribution is 2.21. The monoisotopic (exact) mass is 481 g/mol. The van der Waals surface area contributed by atoms with Gasteiger partial charge >= 0.3 is 0 Å². The van der Waals surface area contributed by atoms with Crippen molar-refractivity contribution in [3.05, 3.63) is 54.1 Å². The zero-order valence-corrected chi connectivity index (χ0v) is 20.5. The van der Waals surface area contributed by atoms with Crippen LogP contribution in [0.3, 0.4) is 0 Å². The summed E-state index contributed by atoms with van der Waals surface area (Å²) in [6, 6.07) is 13.2. The van der Waals surface area contributed by atoms with Crippen molar-refractivity contribution in [1.82, 2.24) is 4.31 Å². The minimum Gasteiger partial charge on any atom is -0.326 e. The van der Waals surface area contributed by atoms with Crippen LogP contribution in [0.1, 0.15) is 32.3 Å². The fourth-order valence-corrected chi connectivity index (χ4v) is 5.71. The molecule has 0 aliphatic carbocycles. The third kappa shape index (κ3) is 6.78. The zero-order valence-electron chi connectivity index (χ0n) is 18.9. The number of hydrogen-bond acceptors (Lipinski definition) is 5. The maximum atomic E-state index is 12.5. The van der Waals surface area contributed by atoms with Crippen molar-refractivity contribution >= 4 is 37.3 Å². The van der Waals surface area contributed by atoms with Gasteiger partial charge in [-0.25, -0.2) is 16.8 Å². The van der Waals surface area contributed by atoms with E-state index < -0.39 is 20.0 Å². The number of aryl methyl sites for hydroxylation is 1. The normalized spacial score (nSPS) is 12.0. The van der Waals surface area contributed by atoms with Crippen LogP contribution < -0.4 is 9.62 Å². The maximum Gasteiger partial charge on any atom is 0.243 e. The van der Waals surface area contributed by atoms with Crippen LogP contribution in [0.5, 0.6) is 0 Å². The van der Waals surface area contributed by atoms with E-state index in [-0.39, 0.29) is 23.8 Å². The summed E-state index contributed by atoms with van der Waals surface area (Å²) < 4.78 is 52.1. The van der Waals surface area contributed by atoms with E-state index in [1.807, 2.05) is 13.0 Å². The average Bonchev–Trinajstić information content (AvgIpc) is 2.71. The van der Waals surface area contributed by atoms with Gasteiger partial charge in [0.05, 0.1) is 16.8 Å². The summed E-state index contributed by atoms with van der Waals surface area (Å²) in [5.41, 5.74) is 1.99. The summed E-state index contributed by atoms with van der Waals surface area (Å²) in [6.45, 7) is 6.38. The summed E-state index contributed by atoms with van der Waals surface area (Å²) in [4.78, 5) is 12.5. The molecule has 0 saturated heterocycles. The Balaban J connectivity index is 1.98. The molecule has 1 N–H and O–H groups in total. The molecular formula is C22H31N3O5S2. The SMILES string of the molecule is CCN(CC)S(=O)(=O)c1ccc(NC(=O)CCCN(c2cccc(C)c2)S(C)(=O)=O)cc1. The summed E-state index contributed by atoms with van der Waals surface area (Å²) in [5, 5.41) is 2.72. The lowest BCUT2D eigenvalue weighted by Crippen LogP contribution is -2.31. The maximum absolute atomic E-state index is 12.5. The fourth-order valence-electron chi connectivity index (χ4n) is 3.30. The molecule has 2 rings (SSSR count). The number of nitrogens with one attached hydrogen (secondary N) is 1. The number of benzene rings is 2. The molecule has 0 saturated carbocycles. The number of carbonyl (C=O) groups excluding carboxylic acids is 1. The Bertz CT molecular complexity index is 1130. The number of hydrogen-bond donors (Lipinski definition) is 1. The molecule has 0 fully saturated rings. The van der Waals surface area contributed by atoms with Crippen LogP contribution in [0, 0.1) is 6.92 Å². The molecule has 1 amide bonds.